The first-order chi connectivity index (χ1) is 5.33. The number of hydrogen-bond donors (Lipinski definition) is 2. The van der Waals surface area contributed by atoms with E-state index >= 15 is 0 Å². The molecule has 1 aliphatic rings. The highest BCUT2D eigenvalue weighted by molar-refractivity contribution is 4.81. The molecule has 0 radical (unpaired) electrons. The Balaban J connectivity index is 2.12. The third-order valence-electron chi connectivity index (χ3n) is 2.32. The van der Waals surface area contributed by atoms with Crippen LogP contribution in [0, 0.1) is 0 Å². The molecule has 0 heterocycles. The lowest BCUT2D eigenvalue weighted by molar-refractivity contribution is 0.351. The van der Waals surface area contributed by atoms with Gasteiger partial charge in [-0.25, -0.2) is 0 Å². The lowest BCUT2D eigenvalue weighted by atomic mass is 9.92. The highest BCUT2D eigenvalue weighted by Crippen LogP contribution is 2.16. The van der Waals surface area contributed by atoms with Crippen LogP contribution in [0.5, 0.6) is 0 Å². The number of rotatable bonds is 3. The zero-order valence-corrected chi connectivity index (χ0v) is 7.05. The van der Waals surface area contributed by atoms with E-state index in [0.29, 0.717) is 12.1 Å². The van der Waals surface area contributed by atoms with Crippen LogP contribution >= 0.6 is 0 Å². The molecule has 0 aliphatic heterocycles. The van der Waals surface area contributed by atoms with Gasteiger partial charge in [0.1, 0.15) is 0 Å². The van der Waals surface area contributed by atoms with E-state index in [1.54, 1.807) is 0 Å². The van der Waals surface area contributed by atoms with Crippen molar-refractivity contribution in [3.8, 4) is 0 Å². The number of nitrogens with two attached hydrogens (primary N) is 1. The van der Waals surface area contributed by atoms with Crippen LogP contribution in [0.15, 0.2) is 12.7 Å². The summed E-state index contributed by atoms with van der Waals surface area (Å²) in [5, 5.41) is 3.42. The van der Waals surface area contributed by atoms with Crippen molar-refractivity contribution in [1.82, 2.24) is 5.32 Å². The van der Waals surface area contributed by atoms with Crippen LogP contribution in [-0.2, 0) is 0 Å². The monoisotopic (exact) mass is 154 g/mol. The zero-order valence-electron chi connectivity index (χ0n) is 7.05. The third-order valence-corrected chi connectivity index (χ3v) is 2.32. The Labute approximate surface area is 68.9 Å². The molecule has 1 saturated carbocycles. The molecule has 0 aromatic rings. The Morgan fingerprint density at radius 3 is 2.55 bits per heavy atom. The van der Waals surface area contributed by atoms with Crippen LogP contribution in [0.3, 0.4) is 0 Å². The molecule has 64 valence electrons. The fraction of sp³-hybridized carbons (Fsp3) is 0.778. The maximum atomic E-state index is 5.78. The van der Waals surface area contributed by atoms with Gasteiger partial charge < -0.3 is 11.1 Å². The lowest BCUT2D eigenvalue weighted by Gasteiger charge is -2.26. The SMILES string of the molecule is C=CCNC1CCC(N)CC1. The summed E-state index contributed by atoms with van der Waals surface area (Å²) in [7, 11) is 0. The standard InChI is InChI=1S/C9H18N2/c1-2-7-11-9-5-3-8(10)4-6-9/h2,8-9,11H,1,3-7,10H2. The summed E-state index contributed by atoms with van der Waals surface area (Å²) < 4.78 is 0. The van der Waals surface area contributed by atoms with Crippen molar-refractivity contribution < 1.29 is 0 Å². The summed E-state index contributed by atoms with van der Waals surface area (Å²) in [4.78, 5) is 0. The second kappa shape index (κ2) is 4.52. The van der Waals surface area contributed by atoms with Crippen LogP contribution in [-0.4, -0.2) is 18.6 Å². The van der Waals surface area contributed by atoms with Gasteiger partial charge >= 0.3 is 0 Å². The molecule has 1 fully saturated rings. The highest BCUT2D eigenvalue weighted by Gasteiger charge is 2.16. The van der Waals surface area contributed by atoms with Crippen LogP contribution < -0.4 is 11.1 Å². The topological polar surface area (TPSA) is 38.0 Å². The van der Waals surface area contributed by atoms with Crippen LogP contribution in [0.4, 0.5) is 0 Å². The maximum Gasteiger partial charge on any atom is 0.0134 e. The summed E-state index contributed by atoms with van der Waals surface area (Å²) in [5.41, 5.74) is 5.78. The Morgan fingerprint density at radius 1 is 1.36 bits per heavy atom. The van der Waals surface area contributed by atoms with Crippen LogP contribution in [0.25, 0.3) is 0 Å². The average Bonchev–Trinajstić information content (AvgIpc) is 2.04. The van der Waals surface area contributed by atoms with E-state index in [-0.39, 0.29) is 0 Å². The molecule has 0 unspecified atom stereocenters. The largest absolute Gasteiger partial charge is 0.328 e. The normalized spacial score (nSPS) is 31.7. The van der Waals surface area contributed by atoms with E-state index in [1.165, 1.54) is 25.7 Å². The molecule has 1 rings (SSSR count). The van der Waals surface area contributed by atoms with E-state index in [0.717, 1.165) is 6.54 Å². The predicted octanol–water partition coefficient (Wildman–Crippen LogP) is 1.03. The van der Waals surface area contributed by atoms with E-state index in [1.807, 2.05) is 6.08 Å². The smallest absolute Gasteiger partial charge is 0.0134 e. The molecule has 2 nitrogen and oxygen atoms in total. The average molecular weight is 154 g/mol. The molecular weight excluding hydrogens is 136 g/mol. The van der Waals surface area contributed by atoms with Crippen LogP contribution in [0.1, 0.15) is 25.7 Å². The van der Waals surface area contributed by atoms with Crippen molar-refractivity contribution in [2.45, 2.75) is 37.8 Å². The predicted molar refractivity (Wildman–Crippen MR) is 48.4 cm³/mol. The van der Waals surface area contributed by atoms with Crippen LogP contribution in [0.2, 0.25) is 0 Å². The molecule has 0 atom stereocenters. The third kappa shape index (κ3) is 3.04. The molecule has 3 N–H and O–H groups in total. The first kappa shape index (κ1) is 8.75. The van der Waals surface area contributed by atoms with E-state index in [9.17, 15) is 0 Å². The molecule has 0 spiro atoms. The van der Waals surface area contributed by atoms with Gasteiger partial charge in [0, 0.05) is 18.6 Å². The van der Waals surface area contributed by atoms with E-state index < -0.39 is 0 Å². The van der Waals surface area contributed by atoms with Crippen molar-refractivity contribution in [2.24, 2.45) is 5.73 Å². The second-order valence-electron chi connectivity index (χ2n) is 3.31. The molecule has 0 aromatic carbocycles. The van der Waals surface area contributed by atoms with Gasteiger partial charge in [0.25, 0.3) is 0 Å². The molecule has 0 saturated heterocycles. The molecule has 0 bridgehead atoms. The maximum absolute atomic E-state index is 5.78. The Kier molecular flexibility index (Phi) is 3.60. The zero-order chi connectivity index (χ0) is 8.10. The summed E-state index contributed by atoms with van der Waals surface area (Å²) in [6, 6.07) is 1.14. The summed E-state index contributed by atoms with van der Waals surface area (Å²) in [6.45, 7) is 4.60. The number of hydrogen-bond acceptors (Lipinski definition) is 2. The Morgan fingerprint density at radius 2 is 2.00 bits per heavy atom. The quantitative estimate of drug-likeness (QED) is 0.596. The minimum Gasteiger partial charge on any atom is -0.328 e. The molecule has 0 amide bonds. The first-order valence-corrected chi connectivity index (χ1v) is 4.43. The number of nitrogens with one attached hydrogen (secondary N) is 1. The summed E-state index contributed by atoms with van der Waals surface area (Å²) >= 11 is 0. The fourth-order valence-electron chi connectivity index (χ4n) is 1.57. The minimum atomic E-state index is 0.455. The van der Waals surface area contributed by atoms with Crippen molar-refractivity contribution >= 4 is 0 Å². The molecule has 2 heteroatoms. The first-order valence-electron chi connectivity index (χ1n) is 4.43. The van der Waals surface area contributed by atoms with Gasteiger partial charge in [0.2, 0.25) is 0 Å². The van der Waals surface area contributed by atoms with E-state index in [2.05, 4.69) is 11.9 Å². The van der Waals surface area contributed by atoms with Gasteiger partial charge in [0.05, 0.1) is 0 Å². The van der Waals surface area contributed by atoms with Gasteiger partial charge in [0.15, 0.2) is 0 Å². The fourth-order valence-corrected chi connectivity index (χ4v) is 1.57. The Bertz CT molecular complexity index is 115. The Hall–Kier alpha value is -0.340. The van der Waals surface area contributed by atoms with Crippen molar-refractivity contribution in [1.29, 1.82) is 0 Å². The van der Waals surface area contributed by atoms with Gasteiger partial charge in [-0.15, -0.1) is 6.58 Å². The minimum absolute atomic E-state index is 0.455. The second-order valence-corrected chi connectivity index (χ2v) is 3.31. The van der Waals surface area contributed by atoms with Gasteiger partial charge in [-0.2, -0.15) is 0 Å². The molecule has 1 aliphatic carbocycles. The molecule has 0 aromatic heterocycles. The highest BCUT2D eigenvalue weighted by atomic mass is 14.9. The van der Waals surface area contributed by atoms with Gasteiger partial charge in [-0.05, 0) is 25.7 Å². The summed E-state index contributed by atoms with van der Waals surface area (Å²) in [6.07, 6.45) is 6.72. The molecular formula is C9H18N2. The molecule has 11 heavy (non-hydrogen) atoms. The van der Waals surface area contributed by atoms with Crippen molar-refractivity contribution in [2.75, 3.05) is 6.54 Å². The van der Waals surface area contributed by atoms with Crippen molar-refractivity contribution in [3.63, 3.8) is 0 Å². The van der Waals surface area contributed by atoms with Gasteiger partial charge in [-0.3, -0.25) is 0 Å². The summed E-state index contributed by atoms with van der Waals surface area (Å²) in [5.74, 6) is 0. The lowest BCUT2D eigenvalue weighted by Crippen LogP contribution is -2.37. The van der Waals surface area contributed by atoms with E-state index in [4.69, 9.17) is 5.73 Å². The van der Waals surface area contributed by atoms with Gasteiger partial charge in [-0.1, -0.05) is 6.08 Å². The van der Waals surface area contributed by atoms with Crippen molar-refractivity contribution in [3.05, 3.63) is 12.7 Å².